The van der Waals surface area contributed by atoms with Gasteiger partial charge in [0.2, 0.25) is 0 Å². The van der Waals surface area contributed by atoms with Crippen LogP contribution in [0.1, 0.15) is 26.7 Å². The Hall–Kier alpha value is -0.440. The fourth-order valence-electron chi connectivity index (χ4n) is 1.55. The molecule has 0 saturated carbocycles. The molecule has 1 rings (SSSR count). The third kappa shape index (κ3) is 2.77. The molecule has 0 spiro atoms. The normalized spacial score (nSPS) is 36.1. The predicted octanol–water partition coefficient (Wildman–Crippen LogP) is 2.75. The maximum atomic E-state index is 11.8. The highest BCUT2D eigenvalue weighted by Crippen LogP contribution is 2.55. The van der Waals surface area contributed by atoms with Crippen molar-refractivity contribution in [2.24, 2.45) is 5.41 Å². The first-order valence-electron chi connectivity index (χ1n) is 5.02. The summed E-state index contributed by atoms with van der Waals surface area (Å²) in [4.78, 5) is 11.2. The summed E-state index contributed by atoms with van der Waals surface area (Å²) in [6.07, 6.45) is 2.92. The predicted molar refractivity (Wildman–Crippen MR) is 57.7 cm³/mol. The molecule has 0 atom stereocenters. The van der Waals surface area contributed by atoms with Gasteiger partial charge >= 0.3 is 7.60 Å². The van der Waals surface area contributed by atoms with Crippen molar-refractivity contribution in [3.8, 4) is 0 Å². The fraction of sp³-hybridized carbons (Fsp3) is 0.700. The minimum absolute atomic E-state index is 0.135. The standard InChI is InChI=1S/C10H17O4P/c1-4-6-10(3)7-13-15(12,14-8-10)9(11)5-2/h5H,2,4,6-8H2,1,3H3. The molecule has 1 aliphatic heterocycles. The van der Waals surface area contributed by atoms with Gasteiger partial charge in [-0.25, -0.2) is 0 Å². The molecule has 15 heavy (non-hydrogen) atoms. The van der Waals surface area contributed by atoms with Crippen LogP contribution in [-0.4, -0.2) is 18.7 Å². The molecule has 0 N–H and O–H groups in total. The summed E-state index contributed by atoms with van der Waals surface area (Å²) in [5.41, 5.74) is -0.787. The molecule has 0 aliphatic carbocycles. The second-order valence-electron chi connectivity index (χ2n) is 4.15. The van der Waals surface area contributed by atoms with Crippen LogP contribution in [0.4, 0.5) is 0 Å². The Kier molecular flexibility index (Phi) is 3.87. The topological polar surface area (TPSA) is 52.6 Å². The Morgan fingerprint density at radius 2 is 2.07 bits per heavy atom. The molecular formula is C10H17O4P. The molecule has 1 saturated heterocycles. The summed E-state index contributed by atoms with van der Waals surface area (Å²) in [5, 5.41) is 0. The highest BCUT2D eigenvalue weighted by atomic mass is 31.2. The van der Waals surface area contributed by atoms with Crippen molar-refractivity contribution in [2.45, 2.75) is 26.7 Å². The Bertz CT molecular complexity index is 299. The Morgan fingerprint density at radius 1 is 1.53 bits per heavy atom. The molecule has 1 fully saturated rings. The van der Waals surface area contributed by atoms with Crippen molar-refractivity contribution in [1.29, 1.82) is 0 Å². The van der Waals surface area contributed by atoms with E-state index in [1.807, 2.05) is 6.92 Å². The average Bonchev–Trinajstić information content (AvgIpc) is 2.22. The van der Waals surface area contributed by atoms with E-state index in [1.165, 1.54) is 0 Å². The van der Waals surface area contributed by atoms with Gasteiger partial charge in [-0.3, -0.25) is 9.36 Å². The van der Waals surface area contributed by atoms with Crippen LogP contribution in [0.2, 0.25) is 0 Å². The largest absolute Gasteiger partial charge is 0.401 e. The van der Waals surface area contributed by atoms with Crippen LogP contribution in [0.15, 0.2) is 12.7 Å². The fourth-order valence-corrected chi connectivity index (χ4v) is 3.06. The number of rotatable bonds is 4. The van der Waals surface area contributed by atoms with E-state index in [4.69, 9.17) is 9.05 Å². The molecule has 0 bridgehead atoms. The summed E-state index contributed by atoms with van der Waals surface area (Å²) < 4.78 is 22.0. The lowest BCUT2D eigenvalue weighted by molar-refractivity contribution is -0.111. The smallest absolute Gasteiger partial charge is 0.302 e. The van der Waals surface area contributed by atoms with E-state index in [2.05, 4.69) is 13.5 Å². The van der Waals surface area contributed by atoms with Crippen LogP contribution < -0.4 is 0 Å². The molecule has 86 valence electrons. The van der Waals surface area contributed by atoms with Crippen LogP contribution in [0, 0.1) is 5.41 Å². The highest BCUT2D eigenvalue weighted by Gasteiger charge is 2.42. The van der Waals surface area contributed by atoms with Gasteiger partial charge in [-0.15, -0.1) is 0 Å². The van der Waals surface area contributed by atoms with Gasteiger partial charge in [-0.1, -0.05) is 26.8 Å². The van der Waals surface area contributed by atoms with Crippen molar-refractivity contribution in [3.05, 3.63) is 12.7 Å². The summed E-state index contributed by atoms with van der Waals surface area (Å²) in [7, 11) is -3.57. The molecular weight excluding hydrogens is 215 g/mol. The van der Waals surface area contributed by atoms with E-state index in [9.17, 15) is 9.36 Å². The molecule has 0 amide bonds. The summed E-state index contributed by atoms with van der Waals surface area (Å²) in [6.45, 7) is 7.94. The SMILES string of the molecule is C=CC(=O)P1(=O)OCC(C)(CCC)CO1. The van der Waals surface area contributed by atoms with Crippen LogP contribution in [0.25, 0.3) is 0 Å². The second kappa shape index (κ2) is 4.60. The van der Waals surface area contributed by atoms with Gasteiger partial charge in [-0.2, -0.15) is 0 Å². The van der Waals surface area contributed by atoms with E-state index >= 15 is 0 Å². The maximum Gasteiger partial charge on any atom is 0.401 e. The van der Waals surface area contributed by atoms with Crippen molar-refractivity contribution >= 4 is 13.1 Å². The van der Waals surface area contributed by atoms with Gasteiger partial charge in [0, 0.05) is 5.41 Å². The van der Waals surface area contributed by atoms with Gasteiger partial charge in [0.25, 0.3) is 5.52 Å². The van der Waals surface area contributed by atoms with E-state index in [0.717, 1.165) is 18.9 Å². The molecule has 0 radical (unpaired) electrons. The zero-order valence-electron chi connectivity index (χ0n) is 9.19. The van der Waals surface area contributed by atoms with E-state index < -0.39 is 13.1 Å². The van der Waals surface area contributed by atoms with Gasteiger partial charge in [0.1, 0.15) is 0 Å². The molecule has 5 heteroatoms. The van der Waals surface area contributed by atoms with Crippen LogP contribution in [-0.2, 0) is 18.4 Å². The van der Waals surface area contributed by atoms with Crippen LogP contribution in [0.3, 0.4) is 0 Å². The zero-order chi connectivity index (χ0) is 11.5. The summed E-state index contributed by atoms with van der Waals surface area (Å²) >= 11 is 0. The quantitative estimate of drug-likeness (QED) is 0.552. The molecule has 0 aromatic rings. The highest BCUT2D eigenvalue weighted by molar-refractivity contribution is 7.72. The number of carbonyl (C=O) groups is 1. The first-order chi connectivity index (χ1) is 6.96. The van der Waals surface area contributed by atoms with E-state index in [1.54, 1.807) is 0 Å². The van der Waals surface area contributed by atoms with E-state index in [0.29, 0.717) is 13.2 Å². The average molecular weight is 232 g/mol. The maximum absolute atomic E-state index is 11.8. The number of hydrogen-bond donors (Lipinski definition) is 0. The molecule has 1 heterocycles. The lowest BCUT2D eigenvalue weighted by Crippen LogP contribution is -2.33. The van der Waals surface area contributed by atoms with Gasteiger partial charge in [0.05, 0.1) is 13.2 Å². The molecule has 0 aromatic carbocycles. The lowest BCUT2D eigenvalue weighted by atomic mass is 9.88. The number of carbonyl (C=O) groups excluding carboxylic acids is 1. The van der Waals surface area contributed by atoms with Crippen molar-refractivity contribution in [1.82, 2.24) is 0 Å². The monoisotopic (exact) mass is 232 g/mol. The minimum atomic E-state index is -3.57. The first kappa shape index (κ1) is 12.6. The Morgan fingerprint density at radius 3 is 2.47 bits per heavy atom. The number of allylic oxidation sites excluding steroid dienone is 1. The summed E-state index contributed by atoms with van der Waals surface area (Å²) in [5.74, 6) is 0. The van der Waals surface area contributed by atoms with Gasteiger partial charge < -0.3 is 9.05 Å². The molecule has 0 unspecified atom stereocenters. The molecule has 1 aliphatic rings. The molecule has 4 nitrogen and oxygen atoms in total. The van der Waals surface area contributed by atoms with Crippen molar-refractivity contribution in [3.63, 3.8) is 0 Å². The van der Waals surface area contributed by atoms with Crippen molar-refractivity contribution < 1.29 is 18.4 Å². The van der Waals surface area contributed by atoms with E-state index in [-0.39, 0.29) is 5.41 Å². The van der Waals surface area contributed by atoms with Gasteiger partial charge in [0.15, 0.2) is 0 Å². The Labute approximate surface area is 90.2 Å². The Balaban J connectivity index is 2.66. The third-order valence-electron chi connectivity index (χ3n) is 2.46. The zero-order valence-corrected chi connectivity index (χ0v) is 10.1. The van der Waals surface area contributed by atoms with Crippen molar-refractivity contribution in [2.75, 3.05) is 13.2 Å². The first-order valence-corrected chi connectivity index (χ1v) is 6.56. The minimum Gasteiger partial charge on any atom is -0.302 e. The summed E-state index contributed by atoms with van der Waals surface area (Å²) in [6, 6.07) is 0. The third-order valence-corrected chi connectivity index (χ3v) is 4.12. The van der Waals surface area contributed by atoms with Crippen LogP contribution in [0.5, 0.6) is 0 Å². The second-order valence-corrected chi connectivity index (χ2v) is 6.10. The van der Waals surface area contributed by atoms with Crippen LogP contribution >= 0.6 is 7.60 Å². The number of hydrogen-bond acceptors (Lipinski definition) is 4. The molecule has 0 aromatic heterocycles. The lowest BCUT2D eigenvalue weighted by Gasteiger charge is -2.35. The van der Waals surface area contributed by atoms with Gasteiger partial charge in [-0.05, 0) is 12.5 Å².